The number of benzene rings is 1. The molecule has 1 aliphatic carbocycles. The fraction of sp³-hybridized carbons (Fsp3) is 0.389. The van der Waals surface area contributed by atoms with Crippen LogP contribution < -0.4 is 5.32 Å². The van der Waals surface area contributed by atoms with E-state index in [1.54, 1.807) is 29.4 Å². The van der Waals surface area contributed by atoms with Gasteiger partial charge >= 0.3 is 0 Å². The molecule has 1 fully saturated rings. The quantitative estimate of drug-likeness (QED) is 0.762. The van der Waals surface area contributed by atoms with Crippen molar-refractivity contribution in [3.05, 3.63) is 59.8 Å². The van der Waals surface area contributed by atoms with E-state index < -0.39 is 0 Å². The first-order valence-corrected chi connectivity index (χ1v) is 8.00. The maximum absolute atomic E-state index is 13.8. The molecule has 2 aromatic rings. The molecule has 0 spiro atoms. The molecule has 4 nitrogen and oxygen atoms in total. The molecule has 1 aromatic heterocycles. The number of rotatable bonds is 8. The van der Waals surface area contributed by atoms with Crippen molar-refractivity contribution in [1.29, 1.82) is 0 Å². The van der Waals surface area contributed by atoms with Crippen molar-refractivity contribution in [1.82, 2.24) is 10.2 Å². The molecule has 0 bridgehead atoms. The van der Waals surface area contributed by atoms with E-state index in [4.69, 9.17) is 4.42 Å². The highest BCUT2D eigenvalue weighted by Crippen LogP contribution is 2.28. The molecule has 5 heteroatoms. The van der Waals surface area contributed by atoms with Crippen molar-refractivity contribution < 1.29 is 13.6 Å². The van der Waals surface area contributed by atoms with E-state index in [-0.39, 0.29) is 24.3 Å². The van der Waals surface area contributed by atoms with E-state index in [1.165, 1.54) is 6.07 Å². The zero-order valence-corrected chi connectivity index (χ0v) is 13.0. The number of nitrogens with zero attached hydrogens (tertiary/aromatic N) is 1. The Bertz CT molecular complexity index is 638. The molecule has 1 amide bonds. The van der Waals surface area contributed by atoms with Gasteiger partial charge in [0.25, 0.3) is 0 Å². The number of amides is 1. The number of carbonyl (C=O) groups excluding carboxylic acids is 1. The van der Waals surface area contributed by atoms with Gasteiger partial charge < -0.3 is 14.6 Å². The largest absolute Gasteiger partial charge is 0.469 e. The minimum Gasteiger partial charge on any atom is -0.469 e. The van der Waals surface area contributed by atoms with Gasteiger partial charge in [-0.3, -0.25) is 4.79 Å². The van der Waals surface area contributed by atoms with E-state index in [0.29, 0.717) is 18.7 Å². The summed E-state index contributed by atoms with van der Waals surface area (Å²) in [4.78, 5) is 14.2. The summed E-state index contributed by atoms with van der Waals surface area (Å²) < 4.78 is 19.0. The molecule has 1 N–H and O–H groups in total. The van der Waals surface area contributed by atoms with Crippen LogP contribution in [0.25, 0.3) is 0 Å². The number of furan rings is 1. The number of nitrogens with one attached hydrogen (secondary N) is 1. The van der Waals surface area contributed by atoms with Crippen LogP contribution in [-0.4, -0.2) is 29.9 Å². The van der Waals surface area contributed by atoms with Gasteiger partial charge in [0.1, 0.15) is 11.6 Å². The summed E-state index contributed by atoms with van der Waals surface area (Å²) in [6.07, 6.45) is 4.40. The van der Waals surface area contributed by atoms with Crippen LogP contribution in [0.1, 0.15) is 24.2 Å². The Morgan fingerprint density at radius 2 is 2.09 bits per heavy atom. The summed E-state index contributed by atoms with van der Waals surface area (Å²) in [5.74, 6) is 0.669. The molecule has 0 aliphatic heterocycles. The second kappa shape index (κ2) is 7.42. The van der Waals surface area contributed by atoms with Crippen LogP contribution >= 0.6 is 0 Å². The Hall–Kier alpha value is -2.14. The molecule has 1 aromatic carbocycles. The van der Waals surface area contributed by atoms with Gasteiger partial charge in [-0.15, -0.1) is 0 Å². The lowest BCUT2D eigenvalue weighted by molar-refractivity contribution is -0.131. The van der Waals surface area contributed by atoms with Crippen LogP contribution in [0, 0.1) is 5.82 Å². The van der Waals surface area contributed by atoms with Gasteiger partial charge in [-0.2, -0.15) is 0 Å². The second-order valence-electron chi connectivity index (χ2n) is 5.85. The Kier molecular flexibility index (Phi) is 5.08. The number of hydrogen-bond acceptors (Lipinski definition) is 3. The SMILES string of the molecule is O=C(CNCCc1ccco1)N(Cc1ccccc1F)C1CC1. The van der Waals surface area contributed by atoms with Crippen LogP contribution in [0.15, 0.2) is 47.1 Å². The Morgan fingerprint density at radius 1 is 1.26 bits per heavy atom. The van der Waals surface area contributed by atoms with E-state index in [0.717, 1.165) is 25.0 Å². The standard InChI is InChI=1S/C18H21FN2O2/c19-17-6-2-1-4-14(17)13-21(15-7-8-15)18(22)12-20-10-9-16-5-3-11-23-16/h1-6,11,15,20H,7-10,12-13H2. The average Bonchev–Trinajstić information content (AvgIpc) is 3.26. The van der Waals surface area contributed by atoms with Crippen molar-refractivity contribution in [2.24, 2.45) is 0 Å². The zero-order chi connectivity index (χ0) is 16.1. The van der Waals surface area contributed by atoms with Crippen LogP contribution in [0.5, 0.6) is 0 Å². The molecule has 23 heavy (non-hydrogen) atoms. The highest BCUT2D eigenvalue weighted by molar-refractivity contribution is 5.79. The summed E-state index contributed by atoms with van der Waals surface area (Å²) in [5, 5.41) is 3.14. The Labute approximate surface area is 135 Å². The summed E-state index contributed by atoms with van der Waals surface area (Å²) in [7, 11) is 0. The third-order valence-electron chi connectivity index (χ3n) is 4.01. The average molecular weight is 316 g/mol. The molecule has 0 saturated heterocycles. The third kappa shape index (κ3) is 4.42. The summed E-state index contributed by atoms with van der Waals surface area (Å²) in [6.45, 7) is 1.29. The Balaban J connectivity index is 1.50. The molecule has 0 radical (unpaired) electrons. The van der Waals surface area contributed by atoms with Gasteiger partial charge in [-0.05, 0) is 31.0 Å². The predicted octanol–water partition coefficient (Wildman–Crippen LogP) is 2.74. The maximum Gasteiger partial charge on any atom is 0.237 e. The van der Waals surface area contributed by atoms with Gasteiger partial charge in [0.05, 0.1) is 12.8 Å². The maximum atomic E-state index is 13.8. The lowest BCUT2D eigenvalue weighted by Crippen LogP contribution is -2.39. The summed E-state index contributed by atoms with van der Waals surface area (Å²) in [6, 6.07) is 10.7. The predicted molar refractivity (Wildman–Crippen MR) is 85.3 cm³/mol. The van der Waals surface area contributed by atoms with Crippen molar-refractivity contribution in [2.45, 2.75) is 31.8 Å². The van der Waals surface area contributed by atoms with Crippen LogP contribution in [0.2, 0.25) is 0 Å². The van der Waals surface area contributed by atoms with Crippen LogP contribution in [0.3, 0.4) is 0 Å². The first kappa shape index (κ1) is 15.7. The lowest BCUT2D eigenvalue weighted by atomic mass is 10.2. The van der Waals surface area contributed by atoms with Gasteiger partial charge in [0.2, 0.25) is 5.91 Å². The van der Waals surface area contributed by atoms with Gasteiger partial charge in [0, 0.05) is 31.1 Å². The minimum atomic E-state index is -0.253. The fourth-order valence-corrected chi connectivity index (χ4v) is 2.58. The van der Waals surface area contributed by atoms with Crippen molar-refractivity contribution in [3.63, 3.8) is 0 Å². The number of hydrogen-bond donors (Lipinski definition) is 1. The molecular weight excluding hydrogens is 295 g/mol. The molecule has 1 saturated carbocycles. The Morgan fingerprint density at radius 3 is 2.78 bits per heavy atom. The number of carbonyl (C=O) groups is 1. The molecule has 0 atom stereocenters. The van der Waals surface area contributed by atoms with Crippen molar-refractivity contribution >= 4 is 5.91 Å². The van der Waals surface area contributed by atoms with Gasteiger partial charge in [-0.1, -0.05) is 18.2 Å². The third-order valence-corrected chi connectivity index (χ3v) is 4.01. The monoisotopic (exact) mass is 316 g/mol. The van der Waals surface area contributed by atoms with E-state index in [2.05, 4.69) is 5.32 Å². The topological polar surface area (TPSA) is 45.5 Å². The van der Waals surface area contributed by atoms with Crippen molar-refractivity contribution in [3.8, 4) is 0 Å². The fourth-order valence-electron chi connectivity index (χ4n) is 2.58. The normalized spacial score (nSPS) is 14.0. The first-order valence-electron chi connectivity index (χ1n) is 8.00. The highest BCUT2D eigenvalue weighted by Gasteiger charge is 2.32. The first-order chi connectivity index (χ1) is 11.2. The molecule has 1 heterocycles. The molecule has 1 aliphatic rings. The molecular formula is C18H21FN2O2. The number of halogens is 1. The smallest absolute Gasteiger partial charge is 0.237 e. The second-order valence-corrected chi connectivity index (χ2v) is 5.85. The summed E-state index contributed by atoms with van der Waals surface area (Å²) >= 11 is 0. The van der Waals surface area contributed by atoms with E-state index in [9.17, 15) is 9.18 Å². The van der Waals surface area contributed by atoms with Crippen LogP contribution in [0.4, 0.5) is 4.39 Å². The van der Waals surface area contributed by atoms with Crippen molar-refractivity contribution in [2.75, 3.05) is 13.1 Å². The highest BCUT2D eigenvalue weighted by atomic mass is 19.1. The van der Waals surface area contributed by atoms with E-state index in [1.807, 2.05) is 12.1 Å². The molecule has 0 unspecified atom stereocenters. The minimum absolute atomic E-state index is 0.0233. The lowest BCUT2D eigenvalue weighted by Gasteiger charge is -2.23. The molecule has 3 rings (SSSR count). The molecule has 122 valence electrons. The van der Waals surface area contributed by atoms with E-state index >= 15 is 0 Å². The van der Waals surface area contributed by atoms with Gasteiger partial charge in [0.15, 0.2) is 0 Å². The summed E-state index contributed by atoms with van der Waals surface area (Å²) in [5.41, 5.74) is 0.573. The zero-order valence-electron chi connectivity index (χ0n) is 13.0. The van der Waals surface area contributed by atoms with Crippen LogP contribution in [-0.2, 0) is 17.8 Å². The van der Waals surface area contributed by atoms with Gasteiger partial charge in [-0.25, -0.2) is 4.39 Å².